The minimum Gasteiger partial charge on any atom is -0.480 e. The highest BCUT2D eigenvalue weighted by Gasteiger charge is 2.11. The molecule has 5 nitrogen and oxygen atoms in total. The Hall–Kier alpha value is -1.95. The molecule has 0 fully saturated rings. The number of aryl methyl sites for hydroxylation is 1. The van der Waals surface area contributed by atoms with Gasteiger partial charge in [-0.1, -0.05) is 19.1 Å². The first-order valence-corrected chi connectivity index (χ1v) is 5.66. The highest BCUT2D eigenvalue weighted by atomic mass is 19.1. The van der Waals surface area contributed by atoms with E-state index in [1.807, 2.05) is 6.92 Å². The summed E-state index contributed by atoms with van der Waals surface area (Å²) in [4.78, 5) is 0. The Balaban J connectivity index is 2.10. The smallest absolute Gasteiger partial charge is 0.253 e. The molecule has 0 aliphatic rings. The van der Waals surface area contributed by atoms with Crippen LogP contribution in [0.1, 0.15) is 24.3 Å². The monoisotopic (exact) mass is 251 g/mol. The number of ether oxygens (including phenoxy) is 1. The van der Waals surface area contributed by atoms with E-state index in [-0.39, 0.29) is 18.9 Å². The summed E-state index contributed by atoms with van der Waals surface area (Å²) in [6.07, 6.45) is 0.654. The van der Waals surface area contributed by atoms with Crippen LogP contribution in [0.2, 0.25) is 0 Å². The molecule has 0 spiro atoms. The van der Waals surface area contributed by atoms with Crippen LogP contribution in [0, 0.1) is 5.82 Å². The fraction of sp³-hybridized carbons (Fsp3) is 0.333. The number of hydrogen-bond acceptors (Lipinski definition) is 5. The maximum Gasteiger partial charge on any atom is 0.253 e. The van der Waals surface area contributed by atoms with Crippen LogP contribution < -0.4 is 10.5 Å². The summed E-state index contributed by atoms with van der Waals surface area (Å²) in [6, 6.07) is 4.62. The highest BCUT2D eigenvalue weighted by molar-refractivity contribution is 5.34. The fourth-order valence-corrected chi connectivity index (χ4v) is 1.50. The summed E-state index contributed by atoms with van der Waals surface area (Å²) in [5.74, 6) is 0.531. The van der Waals surface area contributed by atoms with Crippen molar-refractivity contribution in [2.24, 2.45) is 5.73 Å². The van der Waals surface area contributed by atoms with Crippen molar-refractivity contribution in [3.63, 3.8) is 0 Å². The zero-order chi connectivity index (χ0) is 13.0. The van der Waals surface area contributed by atoms with Crippen molar-refractivity contribution in [3.8, 4) is 5.75 Å². The number of nitrogens with two attached hydrogens (primary N) is 1. The molecule has 18 heavy (non-hydrogen) atoms. The van der Waals surface area contributed by atoms with Crippen LogP contribution in [-0.2, 0) is 19.6 Å². The lowest BCUT2D eigenvalue weighted by Gasteiger charge is -2.09. The summed E-state index contributed by atoms with van der Waals surface area (Å²) in [5.41, 5.74) is 6.12. The third-order valence-corrected chi connectivity index (χ3v) is 2.42. The Kier molecular flexibility index (Phi) is 3.88. The van der Waals surface area contributed by atoms with Gasteiger partial charge in [-0.25, -0.2) is 4.39 Å². The van der Waals surface area contributed by atoms with E-state index in [1.54, 1.807) is 12.1 Å². The van der Waals surface area contributed by atoms with Gasteiger partial charge in [-0.05, 0) is 6.07 Å². The van der Waals surface area contributed by atoms with E-state index in [1.165, 1.54) is 6.07 Å². The van der Waals surface area contributed by atoms with Crippen molar-refractivity contribution in [2.45, 2.75) is 26.5 Å². The molecule has 96 valence electrons. The predicted octanol–water partition coefficient (Wildman–Crippen LogP) is 1.81. The molecule has 0 atom stereocenters. The Morgan fingerprint density at radius 3 is 2.78 bits per heavy atom. The molecule has 2 N–H and O–H groups in total. The summed E-state index contributed by atoms with van der Waals surface area (Å²) >= 11 is 0. The summed E-state index contributed by atoms with van der Waals surface area (Å²) in [6.45, 7) is 2.14. The second kappa shape index (κ2) is 5.59. The van der Waals surface area contributed by atoms with Gasteiger partial charge < -0.3 is 14.9 Å². The quantitative estimate of drug-likeness (QED) is 0.877. The van der Waals surface area contributed by atoms with E-state index in [4.69, 9.17) is 14.9 Å². The summed E-state index contributed by atoms with van der Waals surface area (Å²) < 4.78 is 24.2. The molecule has 0 amide bonds. The van der Waals surface area contributed by atoms with Gasteiger partial charge in [-0.3, -0.25) is 0 Å². The van der Waals surface area contributed by atoms with Crippen molar-refractivity contribution in [1.29, 1.82) is 0 Å². The normalized spacial score (nSPS) is 10.6. The third-order valence-electron chi connectivity index (χ3n) is 2.42. The first-order chi connectivity index (χ1) is 8.74. The molecule has 0 saturated heterocycles. The van der Waals surface area contributed by atoms with Crippen LogP contribution in [0.3, 0.4) is 0 Å². The van der Waals surface area contributed by atoms with Crippen molar-refractivity contribution in [2.75, 3.05) is 0 Å². The molecule has 2 rings (SSSR count). The van der Waals surface area contributed by atoms with Crippen molar-refractivity contribution >= 4 is 0 Å². The molecule has 1 aromatic carbocycles. The molecule has 1 aromatic heterocycles. The molecule has 0 bridgehead atoms. The first kappa shape index (κ1) is 12.5. The maximum absolute atomic E-state index is 13.6. The van der Waals surface area contributed by atoms with E-state index in [9.17, 15) is 4.39 Å². The van der Waals surface area contributed by atoms with Crippen molar-refractivity contribution in [3.05, 3.63) is 41.4 Å². The van der Waals surface area contributed by atoms with Gasteiger partial charge in [0.05, 0.1) is 0 Å². The largest absolute Gasteiger partial charge is 0.480 e. The maximum atomic E-state index is 13.6. The number of benzene rings is 1. The number of hydrogen-bond donors (Lipinski definition) is 1. The number of aromatic nitrogens is 2. The zero-order valence-electron chi connectivity index (χ0n) is 10.0. The minimum atomic E-state index is -0.451. The van der Waals surface area contributed by atoms with Gasteiger partial charge in [-0.15, -0.1) is 10.2 Å². The van der Waals surface area contributed by atoms with Crippen LogP contribution in [0.25, 0.3) is 0 Å². The lowest BCUT2D eigenvalue weighted by Crippen LogP contribution is -2.04. The van der Waals surface area contributed by atoms with Gasteiger partial charge >= 0.3 is 0 Å². The Morgan fingerprint density at radius 1 is 1.33 bits per heavy atom. The van der Waals surface area contributed by atoms with Crippen LogP contribution in [0.4, 0.5) is 4.39 Å². The number of halogens is 1. The molecule has 1 heterocycles. The molecular weight excluding hydrogens is 237 g/mol. The highest BCUT2D eigenvalue weighted by Crippen LogP contribution is 2.23. The molecular formula is C12H14FN3O2. The number of rotatable bonds is 5. The van der Waals surface area contributed by atoms with E-state index < -0.39 is 5.82 Å². The molecule has 2 aromatic rings. The molecule has 0 unspecified atom stereocenters. The Morgan fingerprint density at radius 2 is 2.11 bits per heavy atom. The lowest BCUT2D eigenvalue weighted by atomic mass is 10.2. The van der Waals surface area contributed by atoms with E-state index in [0.29, 0.717) is 23.8 Å². The second-order valence-corrected chi connectivity index (χ2v) is 3.66. The second-order valence-electron chi connectivity index (χ2n) is 3.66. The Labute approximate surface area is 104 Å². The minimum absolute atomic E-state index is 0.0287. The lowest BCUT2D eigenvalue weighted by molar-refractivity contribution is 0.246. The SMILES string of the molecule is CCc1nnc(COc2c(F)cccc2CN)o1. The summed E-state index contributed by atoms with van der Waals surface area (Å²) in [7, 11) is 0. The summed E-state index contributed by atoms with van der Waals surface area (Å²) in [5, 5.41) is 7.59. The molecule has 0 saturated carbocycles. The van der Waals surface area contributed by atoms with Gasteiger partial charge in [0.1, 0.15) is 0 Å². The average molecular weight is 251 g/mol. The van der Waals surface area contributed by atoms with Gasteiger partial charge in [0.25, 0.3) is 5.89 Å². The molecule has 0 radical (unpaired) electrons. The number of para-hydroxylation sites is 1. The van der Waals surface area contributed by atoms with Crippen LogP contribution >= 0.6 is 0 Å². The topological polar surface area (TPSA) is 74.2 Å². The van der Waals surface area contributed by atoms with Gasteiger partial charge in [-0.2, -0.15) is 0 Å². The first-order valence-electron chi connectivity index (χ1n) is 5.66. The third kappa shape index (κ3) is 2.65. The van der Waals surface area contributed by atoms with E-state index in [0.717, 1.165) is 0 Å². The van der Waals surface area contributed by atoms with Gasteiger partial charge in [0.15, 0.2) is 18.2 Å². The Bertz CT molecular complexity index is 528. The van der Waals surface area contributed by atoms with Gasteiger partial charge in [0.2, 0.25) is 5.89 Å². The molecule has 0 aliphatic carbocycles. The zero-order valence-corrected chi connectivity index (χ0v) is 10.0. The van der Waals surface area contributed by atoms with E-state index >= 15 is 0 Å². The van der Waals surface area contributed by atoms with Crippen LogP contribution in [-0.4, -0.2) is 10.2 Å². The average Bonchev–Trinajstić information content (AvgIpc) is 2.85. The fourth-order valence-electron chi connectivity index (χ4n) is 1.50. The van der Waals surface area contributed by atoms with Crippen LogP contribution in [0.15, 0.2) is 22.6 Å². The molecule has 6 heteroatoms. The standard InChI is InChI=1S/C12H14FN3O2/c1-2-10-15-16-11(18-10)7-17-12-8(6-14)4-3-5-9(12)13/h3-5H,2,6-7,14H2,1H3. The predicted molar refractivity (Wildman–Crippen MR) is 62.3 cm³/mol. The van der Waals surface area contributed by atoms with Crippen LogP contribution in [0.5, 0.6) is 5.75 Å². The van der Waals surface area contributed by atoms with E-state index in [2.05, 4.69) is 10.2 Å². The number of nitrogens with zero attached hydrogens (tertiary/aromatic N) is 2. The van der Waals surface area contributed by atoms with Gasteiger partial charge in [0, 0.05) is 18.5 Å². The van der Waals surface area contributed by atoms with Crippen molar-refractivity contribution < 1.29 is 13.5 Å². The molecule has 0 aliphatic heterocycles. The van der Waals surface area contributed by atoms with Crippen molar-refractivity contribution in [1.82, 2.24) is 10.2 Å².